The van der Waals surface area contributed by atoms with E-state index in [0.717, 1.165) is 4.90 Å². The number of hydrogen-bond acceptors (Lipinski definition) is 2. The van der Waals surface area contributed by atoms with Gasteiger partial charge >= 0.3 is 5.97 Å². The molecule has 1 amide bonds. The van der Waals surface area contributed by atoms with Gasteiger partial charge < -0.3 is 10.0 Å². The standard InChI is InChI=1S/C10H13F2NO3/c1-2-7(10(15)16)13-5-6(3-8(11)12)4-9(13)14/h3,6-7H,2,4-5H2,1H3,(H,15,16)/t6-,7-/m1/s1. The van der Waals surface area contributed by atoms with Crippen LogP contribution in [0.1, 0.15) is 19.8 Å². The Hall–Kier alpha value is -1.46. The fraction of sp³-hybridized carbons (Fsp3) is 0.600. The van der Waals surface area contributed by atoms with E-state index in [4.69, 9.17) is 5.11 Å². The van der Waals surface area contributed by atoms with Crippen LogP contribution in [0.4, 0.5) is 8.78 Å². The zero-order valence-electron chi connectivity index (χ0n) is 8.82. The van der Waals surface area contributed by atoms with E-state index >= 15 is 0 Å². The Balaban J connectivity index is 2.74. The van der Waals surface area contributed by atoms with Gasteiger partial charge in [0.2, 0.25) is 5.91 Å². The van der Waals surface area contributed by atoms with Gasteiger partial charge in [-0.3, -0.25) is 4.79 Å². The third-order valence-corrected chi connectivity index (χ3v) is 2.60. The molecule has 0 aromatic carbocycles. The number of carbonyl (C=O) groups excluding carboxylic acids is 1. The van der Waals surface area contributed by atoms with Gasteiger partial charge in [-0.2, -0.15) is 8.78 Å². The van der Waals surface area contributed by atoms with Crippen LogP contribution >= 0.6 is 0 Å². The van der Waals surface area contributed by atoms with Gasteiger partial charge in [-0.25, -0.2) is 4.79 Å². The Labute approximate surface area is 91.5 Å². The van der Waals surface area contributed by atoms with Crippen LogP contribution in [0.5, 0.6) is 0 Å². The van der Waals surface area contributed by atoms with E-state index in [-0.39, 0.29) is 25.3 Å². The highest BCUT2D eigenvalue weighted by Crippen LogP contribution is 2.24. The molecule has 0 aromatic rings. The van der Waals surface area contributed by atoms with E-state index < -0.39 is 24.0 Å². The predicted octanol–water partition coefficient (Wildman–Crippen LogP) is 1.48. The number of carboxylic acid groups (broad SMARTS) is 1. The van der Waals surface area contributed by atoms with Gasteiger partial charge in [-0.1, -0.05) is 6.92 Å². The molecule has 2 atom stereocenters. The molecule has 0 unspecified atom stereocenters. The Morgan fingerprint density at radius 3 is 2.75 bits per heavy atom. The summed E-state index contributed by atoms with van der Waals surface area (Å²) >= 11 is 0. The first-order chi connectivity index (χ1) is 7.45. The van der Waals surface area contributed by atoms with Gasteiger partial charge in [0.25, 0.3) is 6.08 Å². The lowest BCUT2D eigenvalue weighted by Gasteiger charge is -2.23. The summed E-state index contributed by atoms with van der Waals surface area (Å²) in [6.45, 7) is 1.70. The first-order valence-electron chi connectivity index (χ1n) is 5.00. The maximum Gasteiger partial charge on any atom is 0.326 e. The second kappa shape index (κ2) is 5.05. The summed E-state index contributed by atoms with van der Waals surface area (Å²) in [5, 5.41) is 8.86. The predicted molar refractivity (Wildman–Crippen MR) is 51.8 cm³/mol. The Bertz CT molecular complexity index is 326. The molecule has 1 saturated heterocycles. The number of likely N-dealkylation sites (tertiary alicyclic amines) is 1. The average Bonchev–Trinajstić information content (AvgIpc) is 2.46. The van der Waals surface area contributed by atoms with Crippen molar-refractivity contribution in [3.8, 4) is 0 Å². The molecule has 16 heavy (non-hydrogen) atoms. The minimum atomic E-state index is -1.83. The van der Waals surface area contributed by atoms with Gasteiger partial charge in [0.05, 0.1) is 0 Å². The monoisotopic (exact) mass is 233 g/mol. The van der Waals surface area contributed by atoms with Crippen molar-refractivity contribution in [3.05, 3.63) is 12.2 Å². The summed E-state index contributed by atoms with van der Waals surface area (Å²) < 4.78 is 24.0. The van der Waals surface area contributed by atoms with Crippen molar-refractivity contribution in [2.24, 2.45) is 5.92 Å². The molecule has 4 nitrogen and oxygen atoms in total. The lowest BCUT2D eigenvalue weighted by Crippen LogP contribution is -2.41. The topological polar surface area (TPSA) is 57.6 Å². The maximum atomic E-state index is 12.0. The first kappa shape index (κ1) is 12.6. The average molecular weight is 233 g/mol. The third kappa shape index (κ3) is 2.77. The van der Waals surface area contributed by atoms with E-state index in [0.29, 0.717) is 6.08 Å². The van der Waals surface area contributed by atoms with Gasteiger partial charge in [0, 0.05) is 18.9 Å². The second-order valence-corrected chi connectivity index (χ2v) is 3.73. The van der Waals surface area contributed by atoms with Gasteiger partial charge in [0.15, 0.2) is 0 Å². The number of carbonyl (C=O) groups is 2. The van der Waals surface area contributed by atoms with Crippen molar-refractivity contribution < 1.29 is 23.5 Å². The van der Waals surface area contributed by atoms with E-state index in [2.05, 4.69) is 0 Å². The molecule has 0 aromatic heterocycles. The number of rotatable bonds is 4. The Kier molecular flexibility index (Phi) is 3.98. The van der Waals surface area contributed by atoms with Crippen molar-refractivity contribution in [1.29, 1.82) is 0 Å². The minimum absolute atomic E-state index is 0.0406. The van der Waals surface area contributed by atoms with Crippen molar-refractivity contribution in [2.75, 3.05) is 6.54 Å². The highest BCUT2D eigenvalue weighted by atomic mass is 19.3. The van der Waals surface area contributed by atoms with Crippen molar-refractivity contribution >= 4 is 11.9 Å². The molecule has 0 bridgehead atoms. The quantitative estimate of drug-likeness (QED) is 0.800. The summed E-state index contributed by atoms with van der Waals surface area (Å²) in [5.41, 5.74) is 0. The van der Waals surface area contributed by atoms with E-state index in [1.807, 2.05) is 0 Å². The number of amides is 1. The normalized spacial score (nSPS) is 22.1. The molecule has 1 heterocycles. The number of aliphatic carboxylic acids is 1. The summed E-state index contributed by atoms with van der Waals surface area (Å²) in [7, 11) is 0. The Morgan fingerprint density at radius 2 is 2.31 bits per heavy atom. The molecule has 0 spiro atoms. The van der Waals surface area contributed by atoms with Crippen LogP contribution in [0.3, 0.4) is 0 Å². The lowest BCUT2D eigenvalue weighted by atomic mass is 10.1. The minimum Gasteiger partial charge on any atom is -0.480 e. The zero-order chi connectivity index (χ0) is 12.3. The number of carboxylic acids is 1. The van der Waals surface area contributed by atoms with Crippen LogP contribution in [0.2, 0.25) is 0 Å². The molecule has 0 aliphatic carbocycles. The fourth-order valence-corrected chi connectivity index (χ4v) is 1.88. The van der Waals surface area contributed by atoms with Crippen LogP contribution in [0, 0.1) is 5.92 Å². The molecular formula is C10H13F2NO3. The molecular weight excluding hydrogens is 220 g/mol. The van der Waals surface area contributed by atoms with E-state index in [1.165, 1.54) is 0 Å². The highest BCUT2D eigenvalue weighted by Gasteiger charge is 2.36. The van der Waals surface area contributed by atoms with Crippen LogP contribution in [0.25, 0.3) is 0 Å². The summed E-state index contributed by atoms with van der Waals surface area (Å²) in [6, 6.07) is -0.909. The van der Waals surface area contributed by atoms with Crippen molar-refractivity contribution in [3.63, 3.8) is 0 Å². The van der Waals surface area contributed by atoms with Gasteiger partial charge in [-0.05, 0) is 12.5 Å². The van der Waals surface area contributed by atoms with Gasteiger partial charge in [0.1, 0.15) is 6.04 Å². The highest BCUT2D eigenvalue weighted by molar-refractivity contribution is 5.85. The first-order valence-corrected chi connectivity index (χ1v) is 5.00. The third-order valence-electron chi connectivity index (χ3n) is 2.60. The molecule has 1 aliphatic rings. The van der Waals surface area contributed by atoms with Crippen LogP contribution < -0.4 is 0 Å². The molecule has 1 fully saturated rings. The van der Waals surface area contributed by atoms with Crippen molar-refractivity contribution in [2.45, 2.75) is 25.8 Å². The number of nitrogens with zero attached hydrogens (tertiary/aromatic N) is 1. The van der Waals surface area contributed by atoms with Crippen LogP contribution in [-0.2, 0) is 9.59 Å². The zero-order valence-corrected chi connectivity index (χ0v) is 8.82. The number of hydrogen-bond donors (Lipinski definition) is 1. The van der Waals surface area contributed by atoms with Crippen LogP contribution in [0.15, 0.2) is 12.2 Å². The Morgan fingerprint density at radius 1 is 1.69 bits per heavy atom. The molecule has 0 saturated carbocycles. The van der Waals surface area contributed by atoms with Crippen LogP contribution in [-0.4, -0.2) is 34.5 Å². The lowest BCUT2D eigenvalue weighted by molar-refractivity contribution is -0.148. The van der Waals surface area contributed by atoms with E-state index in [9.17, 15) is 18.4 Å². The smallest absolute Gasteiger partial charge is 0.326 e. The summed E-state index contributed by atoms with van der Waals surface area (Å²) in [5.74, 6) is -2.05. The molecule has 6 heteroatoms. The van der Waals surface area contributed by atoms with Gasteiger partial charge in [-0.15, -0.1) is 0 Å². The molecule has 1 rings (SSSR count). The van der Waals surface area contributed by atoms with E-state index in [1.54, 1.807) is 6.92 Å². The van der Waals surface area contributed by atoms with Crippen molar-refractivity contribution in [1.82, 2.24) is 4.90 Å². The SMILES string of the molecule is CC[C@H](C(=O)O)N1C[C@H](C=C(F)F)CC1=O. The second-order valence-electron chi connectivity index (χ2n) is 3.73. The molecule has 90 valence electrons. The molecule has 1 aliphatic heterocycles. The molecule has 1 N–H and O–H groups in total. The summed E-state index contributed by atoms with van der Waals surface area (Å²) in [4.78, 5) is 23.5. The molecule has 0 radical (unpaired) electrons. The fourth-order valence-electron chi connectivity index (χ4n) is 1.88. The summed E-state index contributed by atoms with van der Waals surface area (Å²) in [6.07, 6.45) is -0.883. The maximum absolute atomic E-state index is 12.0. The number of halogens is 2. The largest absolute Gasteiger partial charge is 0.480 e.